The van der Waals surface area contributed by atoms with E-state index in [2.05, 4.69) is 5.32 Å². The van der Waals surface area contributed by atoms with Crippen molar-refractivity contribution in [3.8, 4) is 0 Å². The lowest BCUT2D eigenvalue weighted by Crippen LogP contribution is -2.47. The number of amides is 2. The summed E-state index contributed by atoms with van der Waals surface area (Å²) in [5, 5.41) is 2.70. The number of piperidine rings is 1. The van der Waals surface area contributed by atoms with Crippen molar-refractivity contribution >= 4 is 17.5 Å². The van der Waals surface area contributed by atoms with Crippen molar-refractivity contribution in [2.24, 2.45) is 11.7 Å². The summed E-state index contributed by atoms with van der Waals surface area (Å²) in [7, 11) is 0. The Labute approximate surface area is 123 Å². The third-order valence-corrected chi connectivity index (χ3v) is 3.95. The van der Waals surface area contributed by atoms with Crippen LogP contribution in [0.3, 0.4) is 0 Å². The fourth-order valence-corrected chi connectivity index (χ4v) is 2.55. The number of primary amides is 1. The zero-order valence-electron chi connectivity index (χ0n) is 12.0. The number of hydrogen-bond acceptors (Lipinski definition) is 3. The molecule has 1 heterocycles. The molecule has 0 radical (unpaired) electrons. The molecule has 2 amide bonds. The quantitative estimate of drug-likeness (QED) is 0.880. The van der Waals surface area contributed by atoms with Crippen LogP contribution < -0.4 is 11.1 Å². The van der Waals surface area contributed by atoms with E-state index >= 15 is 0 Å². The second-order valence-electron chi connectivity index (χ2n) is 5.39. The molecule has 3 N–H and O–H groups in total. The van der Waals surface area contributed by atoms with E-state index in [1.54, 1.807) is 19.1 Å². The summed E-state index contributed by atoms with van der Waals surface area (Å²) in [4.78, 5) is 25.3. The van der Waals surface area contributed by atoms with E-state index in [9.17, 15) is 14.0 Å². The van der Waals surface area contributed by atoms with Gasteiger partial charge in [0.15, 0.2) is 0 Å². The molecule has 5 nitrogen and oxygen atoms in total. The van der Waals surface area contributed by atoms with Gasteiger partial charge in [0.25, 0.3) is 0 Å². The molecule has 0 bridgehead atoms. The molecule has 1 fully saturated rings. The van der Waals surface area contributed by atoms with Gasteiger partial charge in [-0.1, -0.05) is 6.07 Å². The summed E-state index contributed by atoms with van der Waals surface area (Å²) in [6, 6.07) is 5.47. The number of nitrogens with two attached hydrogens (primary N) is 1. The van der Waals surface area contributed by atoms with Crippen molar-refractivity contribution in [2.45, 2.75) is 25.8 Å². The molecule has 1 aromatic rings. The fraction of sp³-hybridized carbons (Fsp3) is 0.467. The van der Waals surface area contributed by atoms with Gasteiger partial charge in [0.1, 0.15) is 5.82 Å². The minimum Gasteiger partial charge on any atom is -0.369 e. The monoisotopic (exact) mass is 293 g/mol. The molecule has 6 heteroatoms. The van der Waals surface area contributed by atoms with Gasteiger partial charge in [-0.25, -0.2) is 4.39 Å². The predicted molar refractivity (Wildman–Crippen MR) is 78.0 cm³/mol. The number of nitrogens with zero attached hydrogens (tertiary/aromatic N) is 1. The molecule has 0 unspecified atom stereocenters. The Hall–Kier alpha value is -1.95. The molecule has 2 rings (SSSR count). The number of nitrogens with one attached hydrogen (secondary N) is 1. The first-order valence-corrected chi connectivity index (χ1v) is 7.07. The first-order chi connectivity index (χ1) is 9.97. The summed E-state index contributed by atoms with van der Waals surface area (Å²) < 4.78 is 13.1. The van der Waals surface area contributed by atoms with Crippen molar-refractivity contribution in [3.63, 3.8) is 0 Å². The van der Waals surface area contributed by atoms with E-state index in [1.165, 1.54) is 12.1 Å². The Morgan fingerprint density at radius 1 is 1.38 bits per heavy atom. The second-order valence-corrected chi connectivity index (χ2v) is 5.39. The molecule has 1 aliphatic rings. The van der Waals surface area contributed by atoms with Crippen LogP contribution in [-0.2, 0) is 9.59 Å². The lowest BCUT2D eigenvalue weighted by atomic mass is 9.95. The Morgan fingerprint density at radius 2 is 2.05 bits per heavy atom. The topological polar surface area (TPSA) is 75.4 Å². The van der Waals surface area contributed by atoms with Gasteiger partial charge in [-0.3, -0.25) is 14.5 Å². The van der Waals surface area contributed by atoms with Crippen molar-refractivity contribution in [1.29, 1.82) is 0 Å². The number of halogens is 1. The lowest BCUT2D eigenvalue weighted by Gasteiger charge is -2.34. The zero-order valence-corrected chi connectivity index (χ0v) is 12.0. The van der Waals surface area contributed by atoms with Gasteiger partial charge in [0.2, 0.25) is 11.8 Å². The maximum absolute atomic E-state index is 13.1. The van der Waals surface area contributed by atoms with Gasteiger partial charge in [0.05, 0.1) is 6.04 Å². The van der Waals surface area contributed by atoms with E-state index in [4.69, 9.17) is 5.73 Å². The van der Waals surface area contributed by atoms with Crippen molar-refractivity contribution in [1.82, 2.24) is 4.90 Å². The molecule has 21 heavy (non-hydrogen) atoms. The van der Waals surface area contributed by atoms with E-state index in [1.807, 2.05) is 4.90 Å². The summed E-state index contributed by atoms with van der Waals surface area (Å²) >= 11 is 0. The maximum Gasteiger partial charge on any atom is 0.241 e. The van der Waals surface area contributed by atoms with Gasteiger partial charge in [-0.2, -0.15) is 0 Å². The van der Waals surface area contributed by atoms with Crippen LogP contribution in [0.2, 0.25) is 0 Å². The molecule has 1 aliphatic heterocycles. The Kier molecular flexibility index (Phi) is 4.90. The molecule has 114 valence electrons. The average molecular weight is 293 g/mol. The highest BCUT2D eigenvalue weighted by Gasteiger charge is 2.28. The maximum atomic E-state index is 13.1. The van der Waals surface area contributed by atoms with Crippen LogP contribution in [0, 0.1) is 11.7 Å². The SMILES string of the molecule is C[C@H](C(=O)Nc1cccc(F)c1)N1CCC(C(N)=O)CC1. The average Bonchev–Trinajstić information content (AvgIpc) is 2.46. The molecule has 1 atom stereocenters. The number of anilines is 1. The molecule has 0 spiro atoms. The largest absolute Gasteiger partial charge is 0.369 e. The highest BCUT2D eigenvalue weighted by atomic mass is 19.1. The minimum absolute atomic E-state index is 0.0975. The van der Waals surface area contributed by atoms with Crippen LogP contribution in [-0.4, -0.2) is 35.8 Å². The smallest absolute Gasteiger partial charge is 0.241 e. The van der Waals surface area contributed by atoms with Gasteiger partial charge in [-0.05, 0) is 51.1 Å². The molecule has 0 saturated carbocycles. The summed E-state index contributed by atoms with van der Waals surface area (Å²) in [6.07, 6.45) is 1.35. The van der Waals surface area contributed by atoms with Gasteiger partial charge in [-0.15, -0.1) is 0 Å². The molecule has 0 aliphatic carbocycles. The number of benzene rings is 1. The van der Waals surface area contributed by atoms with Crippen LogP contribution in [0.4, 0.5) is 10.1 Å². The Bertz CT molecular complexity index is 527. The summed E-state index contributed by atoms with van der Waals surface area (Å²) in [6.45, 7) is 3.12. The van der Waals surface area contributed by atoms with Crippen LogP contribution >= 0.6 is 0 Å². The Morgan fingerprint density at radius 3 is 2.62 bits per heavy atom. The fourth-order valence-electron chi connectivity index (χ4n) is 2.55. The van der Waals surface area contributed by atoms with E-state index in [0.29, 0.717) is 31.6 Å². The van der Waals surface area contributed by atoms with Crippen LogP contribution in [0.25, 0.3) is 0 Å². The molecule has 1 saturated heterocycles. The summed E-state index contributed by atoms with van der Waals surface area (Å²) in [5.74, 6) is -0.938. The van der Waals surface area contributed by atoms with Crippen LogP contribution in [0.5, 0.6) is 0 Å². The van der Waals surface area contributed by atoms with E-state index in [-0.39, 0.29) is 29.6 Å². The molecule has 1 aromatic carbocycles. The van der Waals surface area contributed by atoms with Crippen molar-refractivity contribution in [3.05, 3.63) is 30.1 Å². The second kappa shape index (κ2) is 6.67. The third-order valence-electron chi connectivity index (χ3n) is 3.95. The number of likely N-dealkylation sites (tertiary alicyclic amines) is 1. The van der Waals surface area contributed by atoms with Crippen molar-refractivity contribution < 1.29 is 14.0 Å². The summed E-state index contributed by atoms with van der Waals surface area (Å²) in [5.41, 5.74) is 5.74. The van der Waals surface area contributed by atoms with Gasteiger partial charge >= 0.3 is 0 Å². The van der Waals surface area contributed by atoms with E-state index in [0.717, 1.165) is 0 Å². The van der Waals surface area contributed by atoms with Crippen LogP contribution in [0.15, 0.2) is 24.3 Å². The van der Waals surface area contributed by atoms with Gasteiger partial charge in [0, 0.05) is 11.6 Å². The minimum atomic E-state index is -0.386. The van der Waals surface area contributed by atoms with E-state index < -0.39 is 0 Å². The molecular weight excluding hydrogens is 273 g/mol. The third kappa shape index (κ3) is 4.01. The highest BCUT2D eigenvalue weighted by Crippen LogP contribution is 2.19. The predicted octanol–water partition coefficient (Wildman–Crippen LogP) is 1.35. The standard InChI is InChI=1S/C15H20FN3O2/c1-10(19-7-5-11(6-8-19)14(17)20)15(21)18-13-4-2-3-12(16)9-13/h2-4,9-11H,5-8H2,1H3,(H2,17,20)(H,18,21)/t10-/m1/s1. The van der Waals surface area contributed by atoms with Gasteiger partial charge < -0.3 is 11.1 Å². The number of hydrogen-bond donors (Lipinski definition) is 2. The van der Waals surface area contributed by atoms with Crippen molar-refractivity contribution in [2.75, 3.05) is 18.4 Å². The Balaban J connectivity index is 1.90. The first kappa shape index (κ1) is 15.4. The highest BCUT2D eigenvalue weighted by molar-refractivity contribution is 5.94. The number of carbonyl (C=O) groups is 2. The lowest BCUT2D eigenvalue weighted by molar-refractivity contribution is -0.124. The molecule has 0 aromatic heterocycles. The zero-order chi connectivity index (χ0) is 15.4. The first-order valence-electron chi connectivity index (χ1n) is 7.07. The normalized spacial score (nSPS) is 18.2. The number of rotatable bonds is 4. The molecular formula is C15H20FN3O2. The van der Waals surface area contributed by atoms with Crippen LogP contribution in [0.1, 0.15) is 19.8 Å². The number of carbonyl (C=O) groups excluding carboxylic acids is 2.